The van der Waals surface area contributed by atoms with E-state index in [0.29, 0.717) is 30.2 Å². The summed E-state index contributed by atoms with van der Waals surface area (Å²) >= 11 is 0. The number of carbonyl (C=O) groups excluding carboxylic acids is 2. The average Bonchev–Trinajstić information content (AvgIpc) is 2.31. The van der Waals surface area contributed by atoms with Crippen LogP contribution in [0.15, 0.2) is 18.2 Å². The lowest BCUT2D eigenvalue weighted by molar-refractivity contribution is -0.114. The first-order valence-electron chi connectivity index (χ1n) is 5.86. The normalized spacial score (nSPS) is 9.94. The van der Waals surface area contributed by atoms with E-state index in [9.17, 15) is 9.59 Å². The predicted molar refractivity (Wildman–Crippen MR) is 69.9 cm³/mol. The van der Waals surface area contributed by atoms with Crippen molar-refractivity contribution in [3.63, 3.8) is 0 Å². The predicted octanol–water partition coefficient (Wildman–Crippen LogP) is 1.58. The highest BCUT2D eigenvalue weighted by molar-refractivity contribution is 5.99. The maximum Gasteiger partial charge on any atom is 0.221 e. The molecule has 0 saturated carbocycles. The average molecular weight is 250 g/mol. The molecule has 18 heavy (non-hydrogen) atoms. The molecule has 0 heterocycles. The lowest BCUT2D eigenvalue weighted by Gasteiger charge is -2.11. The van der Waals surface area contributed by atoms with Gasteiger partial charge in [-0.3, -0.25) is 9.59 Å². The minimum absolute atomic E-state index is 0.0489. The fourth-order valence-electron chi connectivity index (χ4n) is 1.55. The van der Waals surface area contributed by atoms with E-state index in [1.165, 1.54) is 6.92 Å². The van der Waals surface area contributed by atoms with E-state index in [4.69, 9.17) is 10.5 Å². The summed E-state index contributed by atoms with van der Waals surface area (Å²) in [6, 6.07) is 4.97. The highest BCUT2D eigenvalue weighted by Crippen LogP contribution is 2.26. The summed E-state index contributed by atoms with van der Waals surface area (Å²) in [4.78, 5) is 22.8. The Bertz CT molecular complexity index is 444. The van der Waals surface area contributed by atoms with Crippen LogP contribution in [0, 0.1) is 0 Å². The van der Waals surface area contributed by atoms with Crippen LogP contribution in [0.1, 0.15) is 30.6 Å². The van der Waals surface area contributed by atoms with Gasteiger partial charge in [-0.1, -0.05) is 0 Å². The van der Waals surface area contributed by atoms with E-state index in [0.717, 1.165) is 0 Å². The summed E-state index contributed by atoms with van der Waals surface area (Å²) < 4.78 is 5.38. The number of nitrogens with two attached hydrogens (primary N) is 1. The third-order valence-corrected chi connectivity index (χ3v) is 2.28. The SMILES string of the molecule is CCOc1ccc(C(=O)CCN)cc1NC(C)=O. The molecule has 1 aromatic rings. The molecule has 0 unspecified atom stereocenters. The molecule has 0 aromatic heterocycles. The Kier molecular flexibility index (Phi) is 5.32. The number of hydrogen-bond donors (Lipinski definition) is 2. The molecule has 5 nitrogen and oxygen atoms in total. The topological polar surface area (TPSA) is 81.4 Å². The van der Waals surface area contributed by atoms with Crippen molar-refractivity contribution in [2.75, 3.05) is 18.5 Å². The van der Waals surface area contributed by atoms with Crippen LogP contribution in [0.3, 0.4) is 0 Å². The van der Waals surface area contributed by atoms with Crippen LogP contribution in [0.2, 0.25) is 0 Å². The molecule has 0 fully saturated rings. The van der Waals surface area contributed by atoms with Crippen LogP contribution in [0.4, 0.5) is 5.69 Å². The largest absolute Gasteiger partial charge is 0.492 e. The van der Waals surface area contributed by atoms with Gasteiger partial charge in [0.1, 0.15) is 5.75 Å². The first-order chi connectivity index (χ1) is 8.58. The van der Waals surface area contributed by atoms with Gasteiger partial charge in [-0.15, -0.1) is 0 Å². The molecule has 1 aromatic carbocycles. The van der Waals surface area contributed by atoms with Crippen molar-refractivity contribution in [3.05, 3.63) is 23.8 Å². The molecule has 5 heteroatoms. The number of benzene rings is 1. The molecule has 1 rings (SSSR count). The Hall–Kier alpha value is -1.88. The fraction of sp³-hybridized carbons (Fsp3) is 0.385. The van der Waals surface area contributed by atoms with Gasteiger partial charge in [0.2, 0.25) is 5.91 Å². The van der Waals surface area contributed by atoms with E-state index in [-0.39, 0.29) is 18.1 Å². The molecule has 98 valence electrons. The Morgan fingerprint density at radius 3 is 2.67 bits per heavy atom. The minimum atomic E-state index is -0.209. The highest BCUT2D eigenvalue weighted by Gasteiger charge is 2.10. The standard InChI is InChI=1S/C13H18N2O3/c1-3-18-13-5-4-10(12(17)6-7-14)8-11(13)15-9(2)16/h4-5,8H,3,6-7,14H2,1-2H3,(H,15,16). The Labute approximate surface area is 106 Å². The summed E-state index contributed by atoms with van der Waals surface area (Å²) in [5.41, 5.74) is 6.38. The van der Waals surface area contributed by atoms with E-state index in [1.54, 1.807) is 18.2 Å². The molecule has 0 bridgehead atoms. The van der Waals surface area contributed by atoms with Gasteiger partial charge in [-0.2, -0.15) is 0 Å². The maximum absolute atomic E-state index is 11.7. The summed E-state index contributed by atoms with van der Waals surface area (Å²) in [5, 5.41) is 2.65. The van der Waals surface area contributed by atoms with Gasteiger partial charge in [-0.25, -0.2) is 0 Å². The van der Waals surface area contributed by atoms with Crippen LogP contribution in [-0.2, 0) is 4.79 Å². The quantitative estimate of drug-likeness (QED) is 0.751. The smallest absolute Gasteiger partial charge is 0.221 e. The second-order valence-electron chi connectivity index (χ2n) is 3.79. The molecular formula is C13H18N2O3. The van der Waals surface area contributed by atoms with E-state index >= 15 is 0 Å². The Morgan fingerprint density at radius 2 is 2.11 bits per heavy atom. The second-order valence-corrected chi connectivity index (χ2v) is 3.79. The summed E-state index contributed by atoms with van der Waals surface area (Å²) in [6.45, 7) is 4.05. The fourth-order valence-corrected chi connectivity index (χ4v) is 1.55. The van der Waals surface area contributed by atoms with Crippen molar-refractivity contribution >= 4 is 17.4 Å². The molecular weight excluding hydrogens is 232 g/mol. The number of carbonyl (C=O) groups is 2. The Morgan fingerprint density at radius 1 is 1.39 bits per heavy atom. The van der Waals surface area contributed by atoms with Gasteiger partial charge in [-0.05, 0) is 31.7 Å². The summed E-state index contributed by atoms with van der Waals surface area (Å²) in [5.74, 6) is 0.295. The van der Waals surface area contributed by atoms with Crippen molar-refractivity contribution in [2.24, 2.45) is 5.73 Å². The van der Waals surface area contributed by atoms with E-state index < -0.39 is 0 Å². The summed E-state index contributed by atoms with van der Waals surface area (Å²) in [6.07, 6.45) is 0.285. The van der Waals surface area contributed by atoms with Gasteiger partial charge >= 0.3 is 0 Å². The van der Waals surface area contributed by atoms with Crippen molar-refractivity contribution in [3.8, 4) is 5.75 Å². The number of hydrogen-bond acceptors (Lipinski definition) is 4. The van der Waals surface area contributed by atoms with Crippen LogP contribution in [0.25, 0.3) is 0 Å². The number of Topliss-reactive ketones (excluding diaryl/α,β-unsaturated/α-hetero) is 1. The maximum atomic E-state index is 11.7. The van der Waals surface area contributed by atoms with Crippen LogP contribution in [-0.4, -0.2) is 24.8 Å². The zero-order valence-corrected chi connectivity index (χ0v) is 10.7. The zero-order chi connectivity index (χ0) is 13.5. The number of ketones is 1. The second kappa shape index (κ2) is 6.76. The molecule has 0 aliphatic carbocycles. The molecule has 1 amide bonds. The van der Waals surface area contributed by atoms with Gasteiger partial charge in [0.05, 0.1) is 12.3 Å². The third-order valence-electron chi connectivity index (χ3n) is 2.28. The van der Waals surface area contributed by atoms with Crippen LogP contribution >= 0.6 is 0 Å². The Balaban J connectivity index is 3.03. The van der Waals surface area contributed by atoms with Crippen molar-refractivity contribution < 1.29 is 14.3 Å². The van der Waals surface area contributed by atoms with Gasteiger partial charge < -0.3 is 15.8 Å². The van der Waals surface area contributed by atoms with Crippen molar-refractivity contribution in [2.45, 2.75) is 20.3 Å². The monoisotopic (exact) mass is 250 g/mol. The molecule has 0 saturated heterocycles. The lowest BCUT2D eigenvalue weighted by Crippen LogP contribution is -2.11. The molecule has 0 radical (unpaired) electrons. The molecule has 0 spiro atoms. The number of anilines is 1. The van der Waals surface area contributed by atoms with E-state index in [2.05, 4.69) is 5.32 Å². The van der Waals surface area contributed by atoms with Crippen molar-refractivity contribution in [1.29, 1.82) is 0 Å². The van der Waals surface area contributed by atoms with Gasteiger partial charge in [0.25, 0.3) is 0 Å². The third kappa shape index (κ3) is 3.85. The minimum Gasteiger partial charge on any atom is -0.492 e. The number of ether oxygens (including phenoxy) is 1. The first-order valence-corrected chi connectivity index (χ1v) is 5.86. The van der Waals surface area contributed by atoms with Crippen molar-refractivity contribution in [1.82, 2.24) is 0 Å². The number of nitrogens with one attached hydrogen (secondary N) is 1. The molecule has 3 N–H and O–H groups in total. The molecule has 0 atom stereocenters. The molecule has 0 aliphatic rings. The summed E-state index contributed by atoms with van der Waals surface area (Å²) in [7, 11) is 0. The molecule has 0 aliphatic heterocycles. The van der Waals surface area contributed by atoms with Crippen LogP contribution < -0.4 is 15.8 Å². The highest BCUT2D eigenvalue weighted by atomic mass is 16.5. The first kappa shape index (κ1) is 14.2. The zero-order valence-electron chi connectivity index (χ0n) is 10.7. The number of rotatable bonds is 6. The lowest BCUT2D eigenvalue weighted by atomic mass is 10.1. The van der Waals surface area contributed by atoms with Gasteiger partial charge in [0.15, 0.2) is 5.78 Å². The van der Waals surface area contributed by atoms with Gasteiger partial charge in [0, 0.05) is 18.9 Å². The van der Waals surface area contributed by atoms with E-state index in [1.807, 2.05) is 6.92 Å². The number of amides is 1. The van der Waals surface area contributed by atoms with Crippen LogP contribution in [0.5, 0.6) is 5.75 Å².